The van der Waals surface area contributed by atoms with E-state index < -0.39 is 0 Å². The number of ether oxygens (including phenoxy) is 2. The first kappa shape index (κ1) is 13.4. The lowest BCUT2D eigenvalue weighted by Crippen LogP contribution is -2.19. The second-order valence-electron chi connectivity index (χ2n) is 4.43. The first-order chi connectivity index (χ1) is 8.90. The number of tetrazole rings is 1. The minimum absolute atomic E-state index is 0.640. The quantitative estimate of drug-likeness (QED) is 0.592. The smallest absolute Gasteiger partial charge is 0.165 e. The molecule has 18 heavy (non-hydrogen) atoms. The highest BCUT2D eigenvalue weighted by atomic mass is 16.5. The maximum atomic E-state index is 5.40. The van der Waals surface area contributed by atoms with Crippen LogP contribution in [0.2, 0.25) is 0 Å². The van der Waals surface area contributed by atoms with Crippen molar-refractivity contribution in [1.29, 1.82) is 0 Å². The molecule has 0 spiro atoms. The van der Waals surface area contributed by atoms with Gasteiger partial charge in [0.25, 0.3) is 0 Å². The Bertz CT molecular complexity index is 340. The summed E-state index contributed by atoms with van der Waals surface area (Å²) < 4.78 is 12.1. The van der Waals surface area contributed by atoms with E-state index in [2.05, 4.69) is 20.8 Å². The van der Waals surface area contributed by atoms with Gasteiger partial charge < -0.3 is 14.8 Å². The molecule has 1 saturated carbocycles. The lowest BCUT2D eigenvalue weighted by molar-refractivity contribution is 0.0675. The van der Waals surface area contributed by atoms with Crippen LogP contribution in [-0.2, 0) is 22.6 Å². The number of rotatable bonds is 10. The van der Waals surface area contributed by atoms with Gasteiger partial charge in [-0.1, -0.05) is 0 Å². The van der Waals surface area contributed by atoms with Gasteiger partial charge in [-0.05, 0) is 29.7 Å². The number of aromatic nitrogens is 4. The Kier molecular flexibility index (Phi) is 5.50. The maximum absolute atomic E-state index is 5.40. The molecular weight excluding hydrogens is 234 g/mol. The SMILES string of the molecule is COCCOCCCn1nnnc1CNC1CC1. The third-order valence-corrected chi connectivity index (χ3v) is 2.82. The van der Waals surface area contributed by atoms with Crippen molar-refractivity contribution in [2.24, 2.45) is 0 Å². The molecular formula is C11H21N5O2. The minimum Gasteiger partial charge on any atom is -0.382 e. The fourth-order valence-corrected chi connectivity index (χ4v) is 1.61. The lowest BCUT2D eigenvalue weighted by atomic mass is 10.4. The largest absolute Gasteiger partial charge is 0.382 e. The zero-order valence-electron chi connectivity index (χ0n) is 10.8. The molecule has 1 aliphatic rings. The van der Waals surface area contributed by atoms with E-state index in [0.29, 0.717) is 25.9 Å². The topological polar surface area (TPSA) is 74.1 Å². The molecule has 0 radical (unpaired) electrons. The summed E-state index contributed by atoms with van der Waals surface area (Å²) in [4.78, 5) is 0. The van der Waals surface area contributed by atoms with Crippen LogP contribution >= 0.6 is 0 Å². The van der Waals surface area contributed by atoms with Gasteiger partial charge in [0.05, 0.1) is 19.8 Å². The lowest BCUT2D eigenvalue weighted by Gasteiger charge is -2.06. The van der Waals surface area contributed by atoms with Crippen LogP contribution < -0.4 is 5.32 Å². The number of hydrogen-bond donors (Lipinski definition) is 1. The van der Waals surface area contributed by atoms with Gasteiger partial charge >= 0.3 is 0 Å². The molecule has 1 aromatic rings. The van der Waals surface area contributed by atoms with Crippen molar-refractivity contribution in [2.75, 3.05) is 26.9 Å². The van der Waals surface area contributed by atoms with Crippen LogP contribution in [0, 0.1) is 0 Å². The summed E-state index contributed by atoms with van der Waals surface area (Å²) in [6, 6.07) is 0.674. The number of nitrogens with zero attached hydrogens (tertiary/aromatic N) is 4. The molecule has 1 fully saturated rings. The van der Waals surface area contributed by atoms with E-state index >= 15 is 0 Å². The highest BCUT2D eigenvalue weighted by Crippen LogP contribution is 2.18. The predicted octanol–water partition coefficient (Wildman–Crippen LogP) is -0.0218. The molecule has 1 N–H and O–H groups in total. The fourth-order valence-electron chi connectivity index (χ4n) is 1.61. The zero-order chi connectivity index (χ0) is 12.6. The van der Waals surface area contributed by atoms with Crippen molar-refractivity contribution in [3.8, 4) is 0 Å². The molecule has 0 atom stereocenters. The average molecular weight is 255 g/mol. The van der Waals surface area contributed by atoms with Crippen LogP contribution in [-0.4, -0.2) is 53.2 Å². The summed E-state index contributed by atoms with van der Waals surface area (Å²) in [7, 11) is 1.67. The molecule has 0 amide bonds. The summed E-state index contributed by atoms with van der Waals surface area (Å²) in [5, 5.41) is 15.1. The van der Waals surface area contributed by atoms with Crippen LogP contribution in [0.1, 0.15) is 25.1 Å². The van der Waals surface area contributed by atoms with Crippen molar-refractivity contribution < 1.29 is 9.47 Å². The fraction of sp³-hybridized carbons (Fsp3) is 0.909. The van der Waals surface area contributed by atoms with Crippen LogP contribution in [0.3, 0.4) is 0 Å². The molecule has 0 saturated heterocycles. The van der Waals surface area contributed by atoms with E-state index in [4.69, 9.17) is 9.47 Å². The number of nitrogens with one attached hydrogen (secondary N) is 1. The predicted molar refractivity (Wildman–Crippen MR) is 65.0 cm³/mol. The van der Waals surface area contributed by atoms with Gasteiger partial charge in [-0.25, -0.2) is 4.68 Å². The molecule has 1 aliphatic carbocycles. The van der Waals surface area contributed by atoms with Crippen LogP contribution in [0.25, 0.3) is 0 Å². The van der Waals surface area contributed by atoms with Gasteiger partial charge in [-0.15, -0.1) is 5.10 Å². The number of hydrogen-bond acceptors (Lipinski definition) is 6. The van der Waals surface area contributed by atoms with Crippen LogP contribution in [0.15, 0.2) is 0 Å². The summed E-state index contributed by atoms with van der Waals surface area (Å²) in [5.74, 6) is 0.902. The van der Waals surface area contributed by atoms with Crippen molar-refractivity contribution in [3.05, 3.63) is 5.82 Å². The second kappa shape index (κ2) is 7.40. The van der Waals surface area contributed by atoms with Crippen LogP contribution in [0.4, 0.5) is 0 Å². The third-order valence-electron chi connectivity index (χ3n) is 2.82. The Hall–Kier alpha value is -1.05. The molecule has 0 aromatic carbocycles. The van der Waals surface area contributed by atoms with E-state index in [-0.39, 0.29) is 0 Å². The highest BCUT2D eigenvalue weighted by Gasteiger charge is 2.21. The maximum Gasteiger partial charge on any atom is 0.165 e. The molecule has 2 rings (SSSR count). The average Bonchev–Trinajstić information content (AvgIpc) is 3.11. The van der Waals surface area contributed by atoms with Gasteiger partial charge in [0.15, 0.2) is 5.82 Å². The standard InChI is InChI=1S/C11H21N5O2/c1-17-7-8-18-6-2-5-16-11(13-14-15-16)9-12-10-3-4-10/h10,12H,2-9H2,1H3. The van der Waals surface area contributed by atoms with E-state index in [0.717, 1.165) is 25.3 Å². The molecule has 7 nitrogen and oxygen atoms in total. The molecule has 7 heteroatoms. The van der Waals surface area contributed by atoms with Gasteiger partial charge in [0.2, 0.25) is 0 Å². The van der Waals surface area contributed by atoms with Gasteiger partial charge in [-0.2, -0.15) is 0 Å². The first-order valence-electron chi connectivity index (χ1n) is 6.45. The monoisotopic (exact) mass is 255 g/mol. The van der Waals surface area contributed by atoms with Crippen molar-refractivity contribution in [2.45, 2.75) is 38.4 Å². The Labute approximate surface area is 107 Å². The van der Waals surface area contributed by atoms with Gasteiger partial charge in [0, 0.05) is 26.3 Å². The molecule has 1 heterocycles. The summed E-state index contributed by atoms with van der Waals surface area (Å²) in [6.45, 7) is 3.53. The Morgan fingerprint density at radius 3 is 3.00 bits per heavy atom. The van der Waals surface area contributed by atoms with Gasteiger partial charge in [-0.3, -0.25) is 0 Å². The van der Waals surface area contributed by atoms with Crippen molar-refractivity contribution in [1.82, 2.24) is 25.5 Å². The summed E-state index contributed by atoms with van der Waals surface area (Å²) in [5.41, 5.74) is 0. The van der Waals surface area contributed by atoms with E-state index in [9.17, 15) is 0 Å². The zero-order valence-corrected chi connectivity index (χ0v) is 10.8. The van der Waals surface area contributed by atoms with E-state index in [1.54, 1.807) is 7.11 Å². The minimum atomic E-state index is 0.640. The van der Waals surface area contributed by atoms with Crippen LogP contribution in [0.5, 0.6) is 0 Å². The summed E-state index contributed by atoms with van der Waals surface area (Å²) >= 11 is 0. The second-order valence-corrected chi connectivity index (χ2v) is 4.43. The molecule has 0 unspecified atom stereocenters. The number of aryl methyl sites for hydroxylation is 1. The summed E-state index contributed by atoms with van der Waals surface area (Å²) in [6.07, 6.45) is 3.45. The molecule has 1 aromatic heterocycles. The molecule has 102 valence electrons. The third kappa shape index (κ3) is 4.67. The highest BCUT2D eigenvalue weighted by molar-refractivity contribution is 4.86. The normalized spacial score (nSPS) is 15.2. The van der Waals surface area contributed by atoms with Gasteiger partial charge in [0.1, 0.15) is 0 Å². The first-order valence-corrected chi connectivity index (χ1v) is 6.45. The molecule has 0 aliphatic heterocycles. The Morgan fingerprint density at radius 2 is 2.22 bits per heavy atom. The Morgan fingerprint density at radius 1 is 1.33 bits per heavy atom. The molecule has 0 bridgehead atoms. The van der Waals surface area contributed by atoms with Crippen molar-refractivity contribution >= 4 is 0 Å². The number of methoxy groups -OCH3 is 1. The van der Waals surface area contributed by atoms with E-state index in [1.165, 1.54) is 12.8 Å². The van der Waals surface area contributed by atoms with E-state index in [1.807, 2.05) is 4.68 Å². The van der Waals surface area contributed by atoms with Crippen molar-refractivity contribution in [3.63, 3.8) is 0 Å². The Balaban J connectivity index is 1.60.